The highest BCUT2D eigenvalue weighted by molar-refractivity contribution is 6.12. The zero-order valence-electron chi connectivity index (χ0n) is 9.43. The van der Waals surface area contributed by atoms with Crippen LogP contribution in [-0.4, -0.2) is 37.1 Å². The summed E-state index contributed by atoms with van der Waals surface area (Å²) >= 11 is 0. The van der Waals surface area contributed by atoms with Crippen molar-refractivity contribution in [2.75, 3.05) is 14.2 Å². The zero-order chi connectivity index (χ0) is 12.4. The van der Waals surface area contributed by atoms with Crippen LogP contribution in [0.2, 0.25) is 0 Å². The van der Waals surface area contributed by atoms with Gasteiger partial charge in [-0.05, 0) is 6.07 Å². The second-order valence-corrected chi connectivity index (χ2v) is 3.43. The number of pyridine rings is 1. The summed E-state index contributed by atoms with van der Waals surface area (Å²) in [7, 11) is 2.69. The molecule has 0 radical (unpaired) electrons. The summed E-state index contributed by atoms with van der Waals surface area (Å²) in [5.74, 6) is -0.735. The van der Waals surface area contributed by atoms with Gasteiger partial charge in [-0.15, -0.1) is 0 Å². The number of hydrogen-bond acceptors (Lipinski definition) is 6. The number of rotatable bonds is 2. The number of ketones is 1. The average molecular weight is 237 g/mol. The van der Waals surface area contributed by atoms with Gasteiger partial charge in [0.15, 0.2) is 0 Å². The van der Waals surface area contributed by atoms with Crippen molar-refractivity contribution in [3.05, 3.63) is 23.4 Å². The van der Waals surface area contributed by atoms with Gasteiger partial charge in [-0.3, -0.25) is 4.79 Å². The summed E-state index contributed by atoms with van der Waals surface area (Å²) in [4.78, 5) is 27.3. The number of fused-ring (bicyclic) bond motifs is 1. The average Bonchev–Trinajstić information content (AvgIpc) is 2.38. The molecular formula is C11H11NO5. The topological polar surface area (TPSA) is 74.7 Å². The molecule has 0 N–H and O–H groups in total. The van der Waals surface area contributed by atoms with E-state index in [1.165, 1.54) is 14.2 Å². The molecule has 0 bridgehead atoms. The molecular weight excluding hydrogens is 226 g/mol. The molecule has 6 heteroatoms. The molecule has 1 aliphatic rings. The minimum Gasteiger partial charge on any atom is -0.481 e. The Morgan fingerprint density at radius 3 is 2.88 bits per heavy atom. The Kier molecular flexibility index (Phi) is 3.06. The van der Waals surface area contributed by atoms with Crippen LogP contribution in [0.5, 0.6) is 5.88 Å². The van der Waals surface area contributed by atoms with Crippen molar-refractivity contribution in [1.82, 2.24) is 4.98 Å². The molecule has 2 rings (SSSR count). The molecule has 0 fully saturated rings. The van der Waals surface area contributed by atoms with E-state index in [1.807, 2.05) is 0 Å². The molecule has 0 spiro atoms. The third-order valence-electron chi connectivity index (χ3n) is 2.46. The number of esters is 1. The van der Waals surface area contributed by atoms with Gasteiger partial charge in [0, 0.05) is 11.6 Å². The SMILES string of the molecule is COC(=O)C1OCc2nc(OC)ccc2C1=O. The summed E-state index contributed by atoms with van der Waals surface area (Å²) < 4.78 is 14.6. The molecule has 1 aliphatic heterocycles. The van der Waals surface area contributed by atoms with E-state index in [0.717, 1.165) is 0 Å². The molecule has 6 nitrogen and oxygen atoms in total. The van der Waals surface area contributed by atoms with E-state index in [0.29, 0.717) is 17.1 Å². The lowest BCUT2D eigenvalue weighted by Gasteiger charge is -2.21. The van der Waals surface area contributed by atoms with Crippen molar-refractivity contribution >= 4 is 11.8 Å². The van der Waals surface area contributed by atoms with E-state index >= 15 is 0 Å². The van der Waals surface area contributed by atoms with Crippen molar-refractivity contribution in [3.8, 4) is 5.88 Å². The molecule has 0 amide bonds. The Morgan fingerprint density at radius 2 is 2.24 bits per heavy atom. The number of carbonyl (C=O) groups excluding carboxylic acids is 2. The first-order valence-electron chi connectivity index (χ1n) is 4.95. The summed E-state index contributed by atoms with van der Waals surface area (Å²) in [6.45, 7) is 0.0814. The minimum absolute atomic E-state index is 0.0814. The number of carbonyl (C=O) groups is 2. The lowest BCUT2D eigenvalue weighted by molar-refractivity contribution is -0.151. The molecule has 1 aromatic heterocycles. The molecule has 2 heterocycles. The van der Waals surface area contributed by atoms with E-state index in [2.05, 4.69) is 9.72 Å². The normalized spacial score (nSPS) is 18.5. The van der Waals surface area contributed by atoms with Crippen LogP contribution in [0.25, 0.3) is 0 Å². The van der Waals surface area contributed by atoms with Gasteiger partial charge in [0.25, 0.3) is 0 Å². The third kappa shape index (κ3) is 1.99. The molecule has 0 saturated carbocycles. The Balaban J connectivity index is 2.33. The first-order chi connectivity index (χ1) is 8.17. The van der Waals surface area contributed by atoms with Gasteiger partial charge in [0.2, 0.25) is 17.8 Å². The largest absolute Gasteiger partial charge is 0.481 e. The number of Topliss-reactive ketones (excluding diaryl/α,β-unsaturated/α-hetero) is 1. The lowest BCUT2D eigenvalue weighted by Crippen LogP contribution is -2.38. The van der Waals surface area contributed by atoms with Crippen LogP contribution in [0.4, 0.5) is 0 Å². The number of methoxy groups -OCH3 is 2. The molecule has 90 valence electrons. The molecule has 1 unspecified atom stereocenters. The summed E-state index contributed by atoms with van der Waals surface area (Å²) in [6, 6.07) is 3.14. The lowest BCUT2D eigenvalue weighted by atomic mass is 10.0. The Labute approximate surface area is 97.5 Å². The fourth-order valence-electron chi connectivity index (χ4n) is 1.59. The van der Waals surface area contributed by atoms with Crippen molar-refractivity contribution in [1.29, 1.82) is 0 Å². The quantitative estimate of drug-likeness (QED) is 0.545. The van der Waals surface area contributed by atoms with E-state index < -0.39 is 17.9 Å². The highest BCUT2D eigenvalue weighted by Gasteiger charge is 2.35. The van der Waals surface area contributed by atoms with Gasteiger partial charge in [-0.25, -0.2) is 9.78 Å². The van der Waals surface area contributed by atoms with Gasteiger partial charge in [0.05, 0.1) is 26.5 Å². The second-order valence-electron chi connectivity index (χ2n) is 3.43. The predicted octanol–water partition coefficient (Wildman–Crippen LogP) is 0.345. The monoisotopic (exact) mass is 237 g/mol. The Bertz CT molecular complexity index is 471. The maximum Gasteiger partial charge on any atom is 0.343 e. The van der Waals surface area contributed by atoms with Crippen LogP contribution in [0, 0.1) is 0 Å². The van der Waals surface area contributed by atoms with E-state index in [9.17, 15) is 9.59 Å². The van der Waals surface area contributed by atoms with Gasteiger partial charge >= 0.3 is 5.97 Å². The highest BCUT2D eigenvalue weighted by atomic mass is 16.6. The fraction of sp³-hybridized carbons (Fsp3) is 0.364. The van der Waals surface area contributed by atoms with Crippen LogP contribution < -0.4 is 4.74 Å². The third-order valence-corrected chi connectivity index (χ3v) is 2.46. The summed E-state index contributed by atoms with van der Waals surface area (Å²) in [5.41, 5.74) is 0.835. The predicted molar refractivity (Wildman–Crippen MR) is 55.7 cm³/mol. The second kappa shape index (κ2) is 4.50. The number of aromatic nitrogens is 1. The van der Waals surface area contributed by atoms with Gasteiger partial charge in [-0.1, -0.05) is 0 Å². The van der Waals surface area contributed by atoms with Crippen LogP contribution >= 0.6 is 0 Å². The summed E-state index contributed by atoms with van der Waals surface area (Å²) in [6.07, 6.45) is -1.19. The van der Waals surface area contributed by atoms with Gasteiger partial charge in [-0.2, -0.15) is 0 Å². The molecule has 0 aromatic carbocycles. The van der Waals surface area contributed by atoms with Crippen molar-refractivity contribution in [2.45, 2.75) is 12.7 Å². The maximum atomic E-state index is 11.9. The number of nitrogens with zero attached hydrogens (tertiary/aromatic N) is 1. The van der Waals surface area contributed by atoms with Gasteiger partial charge in [0.1, 0.15) is 0 Å². The van der Waals surface area contributed by atoms with Crippen LogP contribution in [0.3, 0.4) is 0 Å². The van der Waals surface area contributed by atoms with E-state index in [1.54, 1.807) is 12.1 Å². The highest BCUT2D eigenvalue weighted by Crippen LogP contribution is 2.22. The smallest absolute Gasteiger partial charge is 0.343 e. The fourth-order valence-corrected chi connectivity index (χ4v) is 1.59. The molecule has 0 aliphatic carbocycles. The Hall–Kier alpha value is -1.95. The summed E-state index contributed by atoms with van der Waals surface area (Å²) in [5, 5.41) is 0. The van der Waals surface area contributed by atoms with Crippen LogP contribution in [0.15, 0.2) is 12.1 Å². The number of ether oxygens (including phenoxy) is 3. The first-order valence-corrected chi connectivity index (χ1v) is 4.95. The van der Waals surface area contributed by atoms with E-state index in [-0.39, 0.29) is 6.61 Å². The Morgan fingerprint density at radius 1 is 1.47 bits per heavy atom. The van der Waals surface area contributed by atoms with Crippen molar-refractivity contribution < 1.29 is 23.8 Å². The molecule has 0 saturated heterocycles. The maximum absolute atomic E-state index is 11.9. The van der Waals surface area contributed by atoms with Crippen LogP contribution in [-0.2, 0) is 20.9 Å². The van der Waals surface area contributed by atoms with Crippen molar-refractivity contribution in [3.63, 3.8) is 0 Å². The van der Waals surface area contributed by atoms with Gasteiger partial charge < -0.3 is 14.2 Å². The van der Waals surface area contributed by atoms with Crippen LogP contribution in [0.1, 0.15) is 16.1 Å². The molecule has 17 heavy (non-hydrogen) atoms. The standard InChI is InChI=1S/C11H11NO5/c1-15-8-4-3-6-7(12-8)5-17-10(9(6)13)11(14)16-2/h3-4,10H,5H2,1-2H3. The molecule has 1 aromatic rings. The zero-order valence-corrected chi connectivity index (χ0v) is 9.43. The first kappa shape index (κ1) is 11.5. The van der Waals surface area contributed by atoms with E-state index in [4.69, 9.17) is 9.47 Å². The molecule has 1 atom stereocenters. The minimum atomic E-state index is -1.19. The van der Waals surface area contributed by atoms with Crippen molar-refractivity contribution in [2.24, 2.45) is 0 Å². The number of hydrogen-bond donors (Lipinski definition) is 0.